The summed E-state index contributed by atoms with van der Waals surface area (Å²) in [5, 5.41) is 3.01. The van der Waals surface area contributed by atoms with Gasteiger partial charge in [0.1, 0.15) is 0 Å². The molecule has 0 aliphatic heterocycles. The first-order chi connectivity index (χ1) is 9.94. The highest BCUT2D eigenvalue weighted by Crippen LogP contribution is 2.14. The Morgan fingerprint density at radius 3 is 2.10 bits per heavy atom. The smallest absolute Gasteiger partial charge is 0.229 e. The highest BCUT2D eigenvalue weighted by atomic mass is 32.2. The SMILES string of the molecule is CS(=O)(=O)Nc1ccc(NCC(=O)c2ccccc2)cc1. The molecule has 5 nitrogen and oxygen atoms in total. The Kier molecular flexibility index (Phi) is 4.59. The van der Waals surface area contributed by atoms with Gasteiger partial charge in [-0.3, -0.25) is 9.52 Å². The highest BCUT2D eigenvalue weighted by Gasteiger charge is 2.05. The number of nitrogens with one attached hydrogen (secondary N) is 2. The molecule has 110 valence electrons. The summed E-state index contributed by atoms with van der Waals surface area (Å²) >= 11 is 0. The third-order valence-electron chi connectivity index (χ3n) is 2.74. The highest BCUT2D eigenvalue weighted by molar-refractivity contribution is 7.92. The first kappa shape index (κ1) is 15.1. The average Bonchev–Trinajstić information content (AvgIpc) is 2.45. The Hall–Kier alpha value is -2.34. The molecule has 2 aromatic rings. The van der Waals surface area contributed by atoms with Gasteiger partial charge in [-0.05, 0) is 24.3 Å². The van der Waals surface area contributed by atoms with Crippen LogP contribution >= 0.6 is 0 Å². The first-order valence-electron chi connectivity index (χ1n) is 6.34. The van der Waals surface area contributed by atoms with Crippen molar-refractivity contribution in [3.63, 3.8) is 0 Å². The molecular formula is C15H16N2O3S. The second kappa shape index (κ2) is 6.41. The summed E-state index contributed by atoms with van der Waals surface area (Å²) < 4.78 is 24.5. The number of hydrogen-bond acceptors (Lipinski definition) is 4. The standard InChI is InChI=1S/C15H16N2O3S/c1-21(19,20)17-14-9-7-13(8-10-14)16-11-15(18)12-5-3-2-4-6-12/h2-10,16-17H,11H2,1H3. The minimum atomic E-state index is -3.28. The van der Waals surface area contributed by atoms with Crippen molar-refractivity contribution in [2.24, 2.45) is 0 Å². The van der Waals surface area contributed by atoms with Crippen molar-refractivity contribution in [1.29, 1.82) is 0 Å². The number of rotatable bonds is 6. The van der Waals surface area contributed by atoms with E-state index in [0.29, 0.717) is 11.3 Å². The molecule has 0 saturated carbocycles. The molecule has 0 unspecified atom stereocenters. The molecule has 0 aliphatic rings. The predicted octanol–water partition coefficient (Wildman–Crippen LogP) is 2.35. The van der Waals surface area contributed by atoms with Gasteiger partial charge in [-0.1, -0.05) is 30.3 Å². The molecule has 2 N–H and O–H groups in total. The molecule has 2 rings (SSSR count). The molecule has 0 fully saturated rings. The van der Waals surface area contributed by atoms with E-state index < -0.39 is 10.0 Å². The topological polar surface area (TPSA) is 75.3 Å². The van der Waals surface area contributed by atoms with Gasteiger partial charge in [0.15, 0.2) is 5.78 Å². The predicted molar refractivity (Wildman–Crippen MR) is 84.2 cm³/mol. The van der Waals surface area contributed by atoms with E-state index >= 15 is 0 Å². The number of Topliss-reactive ketones (excluding diaryl/α,β-unsaturated/α-hetero) is 1. The summed E-state index contributed by atoms with van der Waals surface area (Å²) in [5.41, 5.74) is 1.89. The molecule has 0 aromatic heterocycles. The maximum Gasteiger partial charge on any atom is 0.229 e. The number of sulfonamides is 1. The van der Waals surface area contributed by atoms with Gasteiger partial charge in [0.25, 0.3) is 0 Å². The fourth-order valence-corrected chi connectivity index (χ4v) is 2.34. The quantitative estimate of drug-likeness (QED) is 0.803. The second-order valence-corrected chi connectivity index (χ2v) is 6.34. The van der Waals surface area contributed by atoms with Crippen LogP contribution in [0.2, 0.25) is 0 Å². The molecular weight excluding hydrogens is 288 g/mol. The van der Waals surface area contributed by atoms with Crippen molar-refractivity contribution < 1.29 is 13.2 Å². The maximum atomic E-state index is 11.9. The molecule has 0 aliphatic carbocycles. The van der Waals surface area contributed by atoms with E-state index in [1.165, 1.54) is 0 Å². The Balaban J connectivity index is 1.94. The van der Waals surface area contributed by atoms with Crippen molar-refractivity contribution in [1.82, 2.24) is 0 Å². The van der Waals surface area contributed by atoms with Crippen molar-refractivity contribution >= 4 is 27.2 Å². The van der Waals surface area contributed by atoms with E-state index in [9.17, 15) is 13.2 Å². The zero-order chi connectivity index (χ0) is 15.3. The van der Waals surface area contributed by atoms with Crippen molar-refractivity contribution in [3.8, 4) is 0 Å². The van der Waals surface area contributed by atoms with Gasteiger partial charge in [-0.2, -0.15) is 0 Å². The van der Waals surface area contributed by atoms with Crippen LogP contribution in [-0.4, -0.2) is 27.0 Å². The van der Waals surface area contributed by atoms with Crippen LogP contribution in [0.25, 0.3) is 0 Å². The van der Waals surface area contributed by atoms with Crippen molar-refractivity contribution in [2.75, 3.05) is 22.8 Å². The lowest BCUT2D eigenvalue weighted by molar-refractivity contribution is 0.101. The van der Waals surface area contributed by atoms with Crippen molar-refractivity contribution in [3.05, 3.63) is 60.2 Å². The first-order valence-corrected chi connectivity index (χ1v) is 8.23. The Bertz CT molecular complexity index is 710. The van der Waals surface area contributed by atoms with Crippen LogP contribution in [0.5, 0.6) is 0 Å². The number of anilines is 2. The zero-order valence-corrected chi connectivity index (χ0v) is 12.4. The van der Waals surface area contributed by atoms with Crippen LogP contribution in [0.4, 0.5) is 11.4 Å². The van der Waals surface area contributed by atoms with Crippen LogP contribution in [0, 0.1) is 0 Å². The molecule has 0 heterocycles. The van der Waals surface area contributed by atoms with E-state index in [4.69, 9.17) is 0 Å². The number of hydrogen-bond donors (Lipinski definition) is 2. The average molecular weight is 304 g/mol. The van der Waals surface area contributed by atoms with Gasteiger partial charge in [0.2, 0.25) is 10.0 Å². The summed E-state index contributed by atoms with van der Waals surface area (Å²) in [6.45, 7) is 0.183. The Morgan fingerprint density at radius 2 is 1.52 bits per heavy atom. The largest absolute Gasteiger partial charge is 0.378 e. The van der Waals surface area contributed by atoms with E-state index in [0.717, 1.165) is 11.9 Å². The molecule has 0 amide bonds. The lowest BCUT2D eigenvalue weighted by Gasteiger charge is -2.08. The second-order valence-electron chi connectivity index (χ2n) is 4.59. The van der Waals surface area contributed by atoms with Gasteiger partial charge >= 0.3 is 0 Å². The van der Waals surface area contributed by atoms with Crippen LogP contribution < -0.4 is 10.0 Å². The van der Waals surface area contributed by atoms with Crippen molar-refractivity contribution in [2.45, 2.75) is 0 Å². The number of ketones is 1. The molecule has 0 atom stereocenters. The van der Waals surface area contributed by atoms with Crippen LogP contribution in [-0.2, 0) is 10.0 Å². The fourth-order valence-electron chi connectivity index (χ4n) is 1.78. The minimum Gasteiger partial charge on any atom is -0.378 e. The van der Waals surface area contributed by atoms with Gasteiger partial charge in [-0.25, -0.2) is 8.42 Å². The third kappa shape index (κ3) is 4.92. The summed E-state index contributed by atoms with van der Waals surface area (Å²) in [4.78, 5) is 11.9. The molecule has 0 spiro atoms. The molecule has 6 heteroatoms. The van der Waals surface area contributed by atoms with E-state index in [2.05, 4.69) is 10.0 Å². The van der Waals surface area contributed by atoms with E-state index in [1.807, 2.05) is 18.2 Å². The summed E-state index contributed by atoms with van der Waals surface area (Å²) in [6.07, 6.45) is 1.09. The monoisotopic (exact) mass is 304 g/mol. The molecule has 0 radical (unpaired) electrons. The minimum absolute atomic E-state index is 0.00561. The van der Waals surface area contributed by atoms with Gasteiger partial charge in [0, 0.05) is 16.9 Å². The maximum absolute atomic E-state index is 11.9. The fraction of sp³-hybridized carbons (Fsp3) is 0.133. The zero-order valence-electron chi connectivity index (χ0n) is 11.5. The van der Waals surface area contributed by atoms with E-state index in [1.54, 1.807) is 36.4 Å². The summed E-state index contributed by atoms with van der Waals surface area (Å²) in [7, 11) is -3.28. The summed E-state index contributed by atoms with van der Waals surface area (Å²) in [6, 6.07) is 15.7. The number of carbonyl (C=O) groups excluding carboxylic acids is 1. The van der Waals surface area contributed by atoms with E-state index in [-0.39, 0.29) is 12.3 Å². The lowest BCUT2D eigenvalue weighted by Crippen LogP contribution is -2.14. The Labute approximate surface area is 124 Å². The molecule has 0 saturated heterocycles. The van der Waals surface area contributed by atoms with Crippen LogP contribution in [0.1, 0.15) is 10.4 Å². The number of carbonyl (C=O) groups is 1. The lowest BCUT2D eigenvalue weighted by atomic mass is 10.1. The normalized spacial score (nSPS) is 10.9. The van der Waals surface area contributed by atoms with Crippen LogP contribution in [0.15, 0.2) is 54.6 Å². The van der Waals surface area contributed by atoms with Gasteiger partial charge in [0.05, 0.1) is 12.8 Å². The molecule has 21 heavy (non-hydrogen) atoms. The Morgan fingerprint density at radius 1 is 0.952 bits per heavy atom. The molecule has 2 aromatic carbocycles. The van der Waals surface area contributed by atoms with Crippen LogP contribution in [0.3, 0.4) is 0 Å². The molecule has 0 bridgehead atoms. The number of benzene rings is 2. The summed E-state index contributed by atoms with van der Waals surface area (Å²) in [5.74, 6) is -0.00561. The van der Waals surface area contributed by atoms with Gasteiger partial charge < -0.3 is 5.32 Å². The third-order valence-corrected chi connectivity index (χ3v) is 3.34. The van der Waals surface area contributed by atoms with Gasteiger partial charge in [-0.15, -0.1) is 0 Å².